The van der Waals surface area contributed by atoms with Gasteiger partial charge < -0.3 is 9.47 Å². The van der Waals surface area contributed by atoms with Crippen molar-refractivity contribution >= 4 is 5.71 Å². The van der Waals surface area contributed by atoms with Crippen molar-refractivity contribution in [3.8, 4) is 11.5 Å². The Labute approximate surface area is 176 Å². The molecule has 0 aliphatic carbocycles. The van der Waals surface area contributed by atoms with Crippen LogP contribution in [0, 0.1) is 0 Å². The zero-order chi connectivity index (χ0) is 21.7. The lowest BCUT2D eigenvalue weighted by Gasteiger charge is -2.21. The third-order valence-corrected chi connectivity index (χ3v) is 5.62. The molecular formula is C24H29F3NO2+. The summed E-state index contributed by atoms with van der Waals surface area (Å²) in [4.78, 5) is 0. The lowest BCUT2D eigenvalue weighted by atomic mass is 9.92. The first-order chi connectivity index (χ1) is 14.4. The standard InChI is InChI=1S/C24H29F3NO2/c1-4-5-6-7-21-20-15-23(30-3)22(29-2)14-18(20)12-13-28(21)16-17-8-10-19(11-9-17)24(25,26)27/h8-11,14-15H,4-7,12-13,16H2,1-3H3/q+1. The van der Waals surface area contributed by atoms with Crippen molar-refractivity contribution in [2.75, 3.05) is 20.8 Å². The Bertz CT molecular complexity index is 902. The van der Waals surface area contributed by atoms with Crippen molar-refractivity contribution in [1.29, 1.82) is 0 Å². The third-order valence-electron chi connectivity index (χ3n) is 5.62. The first kappa shape index (κ1) is 22.2. The van der Waals surface area contributed by atoms with Crippen LogP contribution in [0.1, 0.15) is 54.9 Å². The minimum Gasteiger partial charge on any atom is -0.493 e. The summed E-state index contributed by atoms with van der Waals surface area (Å²) in [6, 6.07) is 9.57. The van der Waals surface area contributed by atoms with Crippen molar-refractivity contribution in [1.82, 2.24) is 0 Å². The third kappa shape index (κ3) is 4.97. The molecule has 0 amide bonds. The topological polar surface area (TPSA) is 21.5 Å². The fourth-order valence-electron chi connectivity index (χ4n) is 3.99. The molecule has 0 fully saturated rings. The fourth-order valence-corrected chi connectivity index (χ4v) is 3.99. The van der Waals surface area contributed by atoms with E-state index < -0.39 is 11.7 Å². The van der Waals surface area contributed by atoms with E-state index in [1.54, 1.807) is 26.4 Å². The lowest BCUT2D eigenvalue weighted by Crippen LogP contribution is -2.30. The number of nitrogens with zero attached hydrogens (tertiary/aromatic N) is 1. The van der Waals surface area contributed by atoms with Crippen LogP contribution in [-0.2, 0) is 19.1 Å². The molecule has 0 aromatic heterocycles. The molecule has 1 aliphatic heterocycles. The predicted molar refractivity (Wildman–Crippen MR) is 112 cm³/mol. The van der Waals surface area contributed by atoms with Crippen molar-refractivity contribution < 1.29 is 27.2 Å². The molecule has 0 unspecified atom stereocenters. The Morgan fingerprint density at radius 1 is 0.967 bits per heavy atom. The number of methoxy groups -OCH3 is 2. The molecule has 3 nitrogen and oxygen atoms in total. The number of fused-ring (bicyclic) bond motifs is 1. The number of benzene rings is 2. The molecular weight excluding hydrogens is 391 g/mol. The van der Waals surface area contributed by atoms with Crippen LogP contribution >= 0.6 is 0 Å². The highest BCUT2D eigenvalue weighted by atomic mass is 19.4. The maximum Gasteiger partial charge on any atom is 0.416 e. The number of rotatable bonds is 8. The lowest BCUT2D eigenvalue weighted by molar-refractivity contribution is -0.545. The predicted octanol–water partition coefficient (Wildman–Crippen LogP) is 5.86. The molecule has 0 bridgehead atoms. The number of hydrogen-bond donors (Lipinski definition) is 0. The first-order valence-electron chi connectivity index (χ1n) is 10.4. The Hall–Kier alpha value is -2.50. The van der Waals surface area contributed by atoms with Gasteiger partial charge in [0.25, 0.3) is 0 Å². The minimum absolute atomic E-state index is 0.591. The summed E-state index contributed by atoms with van der Waals surface area (Å²) in [5.41, 5.74) is 3.87. The minimum atomic E-state index is -4.31. The fraction of sp³-hybridized carbons (Fsp3) is 0.458. The maximum absolute atomic E-state index is 12.9. The van der Waals surface area contributed by atoms with E-state index in [1.807, 2.05) is 12.1 Å². The van der Waals surface area contributed by atoms with Gasteiger partial charge in [-0.25, -0.2) is 4.58 Å². The summed E-state index contributed by atoms with van der Waals surface area (Å²) in [5, 5.41) is 0. The molecule has 30 heavy (non-hydrogen) atoms. The van der Waals surface area contributed by atoms with Gasteiger partial charge in [-0.05, 0) is 36.2 Å². The van der Waals surface area contributed by atoms with E-state index in [2.05, 4.69) is 11.5 Å². The normalized spacial score (nSPS) is 13.9. The van der Waals surface area contributed by atoms with E-state index in [4.69, 9.17) is 9.47 Å². The molecule has 0 N–H and O–H groups in total. The van der Waals surface area contributed by atoms with Crippen LogP contribution in [-0.4, -0.2) is 31.1 Å². The second-order valence-electron chi connectivity index (χ2n) is 7.63. The Kier molecular flexibility index (Phi) is 7.06. The molecule has 0 saturated heterocycles. The monoisotopic (exact) mass is 420 g/mol. The summed E-state index contributed by atoms with van der Waals surface area (Å²) in [6.07, 6.45) is 0.814. The van der Waals surface area contributed by atoms with Gasteiger partial charge >= 0.3 is 6.18 Å². The number of unbranched alkanes of at least 4 members (excludes halogenated alkanes) is 2. The van der Waals surface area contributed by atoms with Gasteiger partial charge in [0, 0.05) is 24.0 Å². The van der Waals surface area contributed by atoms with Crippen molar-refractivity contribution in [3.63, 3.8) is 0 Å². The summed E-state index contributed by atoms with van der Waals surface area (Å²) in [5.74, 6) is 1.42. The first-order valence-corrected chi connectivity index (χ1v) is 10.4. The van der Waals surface area contributed by atoms with E-state index in [1.165, 1.54) is 11.3 Å². The molecule has 0 spiro atoms. The van der Waals surface area contributed by atoms with Gasteiger partial charge in [-0.15, -0.1) is 0 Å². The maximum atomic E-state index is 12.9. The average molecular weight is 420 g/mol. The molecule has 3 rings (SSSR count). The quantitative estimate of drug-likeness (QED) is 0.394. The summed E-state index contributed by atoms with van der Waals surface area (Å²) >= 11 is 0. The highest BCUT2D eigenvalue weighted by Gasteiger charge is 2.31. The van der Waals surface area contributed by atoms with Gasteiger partial charge in [-0.2, -0.15) is 13.2 Å². The summed E-state index contributed by atoms with van der Waals surface area (Å²) in [7, 11) is 3.26. The molecule has 162 valence electrons. The van der Waals surface area contributed by atoms with Crippen molar-refractivity contribution in [2.24, 2.45) is 0 Å². The molecule has 6 heteroatoms. The van der Waals surface area contributed by atoms with Crippen LogP contribution in [0.15, 0.2) is 36.4 Å². The van der Waals surface area contributed by atoms with Gasteiger partial charge in [0.15, 0.2) is 23.8 Å². The highest BCUT2D eigenvalue weighted by Crippen LogP contribution is 2.34. The van der Waals surface area contributed by atoms with Crippen LogP contribution in [0.5, 0.6) is 11.5 Å². The zero-order valence-electron chi connectivity index (χ0n) is 17.8. The largest absolute Gasteiger partial charge is 0.493 e. The van der Waals surface area contributed by atoms with E-state index in [0.29, 0.717) is 12.3 Å². The number of alkyl halides is 3. The zero-order valence-corrected chi connectivity index (χ0v) is 17.8. The molecule has 0 atom stereocenters. The molecule has 2 aromatic rings. The Balaban J connectivity index is 1.96. The summed E-state index contributed by atoms with van der Waals surface area (Å²) in [6.45, 7) is 3.59. The van der Waals surface area contributed by atoms with E-state index in [0.717, 1.165) is 67.7 Å². The number of ether oxygens (including phenoxy) is 2. The average Bonchev–Trinajstić information content (AvgIpc) is 2.73. The number of halogens is 3. The van der Waals surface area contributed by atoms with E-state index in [9.17, 15) is 13.2 Å². The molecule has 0 radical (unpaired) electrons. The van der Waals surface area contributed by atoms with Crippen LogP contribution in [0.25, 0.3) is 0 Å². The summed E-state index contributed by atoms with van der Waals surface area (Å²) < 4.78 is 51.9. The Morgan fingerprint density at radius 2 is 1.63 bits per heavy atom. The van der Waals surface area contributed by atoms with Crippen LogP contribution < -0.4 is 9.47 Å². The highest BCUT2D eigenvalue weighted by molar-refractivity contribution is 5.99. The van der Waals surface area contributed by atoms with Crippen LogP contribution in [0.3, 0.4) is 0 Å². The van der Waals surface area contributed by atoms with Gasteiger partial charge in [0.2, 0.25) is 0 Å². The second kappa shape index (κ2) is 9.54. The van der Waals surface area contributed by atoms with E-state index in [-0.39, 0.29) is 0 Å². The van der Waals surface area contributed by atoms with Crippen molar-refractivity contribution in [2.45, 2.75) is 51.7 Å². The van der Waals surface area contributed by atoms with Crippen LogP contribution in [0.2, 0.25) is 0 Å². The molecule has 1 heterocycles. The molecule has 0 saturated carbocycles. The SMILES string of the molecule is CCCCCC1=[N+](Cc2ccc(C(F)(F)F)cc2)CCc2cc(OC)c(OC)cc21. The van der Waals surface area contributed by atoms with E-state index >= 15 is 0 Å². The van der Waals surface area contributed by atoms with Crippen molar-refractivity contribution in [3.05, 3.63) is 58.7 Å². The molecule has 1 aliphatic rings. The van der Waals surface area contributed by atoms with Gasteiger partial charge in [-0.1, -0.05) is 31.9 Å². The van der Waals surface area contributed by atoms with Gasteiger partial charge in [-0.3, -0.25) is 0 Å². The van der Waals surface area contributed by atoms with Gasteiger partial charge in [0.05, 0.1) is 19.8 Å². The number of hydrogen-bond acceptors (Lipinski definition) is 2. The Morgan fingerprint density at radius 3 is 2.23 bits per heavy atom. The smallest absolute Gasteiger partial charge is 0.416 e. The second-order valence-corrected chi connectivity index (χ2v) is 7.63. The molecule has 2 aromatic carbocycles. The van der Waals surface area contributed by atoms with Crippen LogP contribution in [0.4, 0.5) is 13.2 Å². The van der Waals surface area contributed by atoms with Gasteiger partial charge in [0.1, 0.15) is 6.54 Å².